The maximum Gasteiger partial charge on any atom is 0.259 e. The Hall–Kier alpha value is -3.70. The van der Waals surface area contributed by atoms with E-state index in [4.69, 9.17) is 0 Å². The average Bonchev–Trinajstić information content (AvgIpc) is 3.20. The van der Waals surface area contributed by atoms with E-state index >= 15 is 0 Å². The van der Waals surface area contributed by atoms with Crippen LogP contribution in [0.4, 0.5) is 10.7 Å². The molecule has 3 aromatic carbocycles. The van der Waals surface area contributed by atoms with Gasteiger partial charge in [0.2, 0.25) is 0 Å². The number of anilines is 2. The summed E-state index contributed by atoms with van der Waals surface area (Å²) in [6.45, 7) is 2.00. The van der Waals surface area contributed by atoms with Crippen molar-refractivity contribution in [3.8, 4) is 11.1 Å². The van der Waals surface area contributed by atoms with Crippen LogP contribution in [0.1, 0.15) is 26.3 Å². The van der Waals surface area contributed by atoms with Crippen molar-refractivity contribution in [1.82, 2.24) is 0 Å². The predicted octanol–water partition coefficient (Wildman–Crippen LogP) is 6.23. The second-order valence-electron chi connectivity index (χ2n) is 6.86. The van der Waals surface area contributed by atoms with Crippen molar-refractivity contribution in [3.05, 3.63) is 107 Å². The van der Waals surface area contributed by atoms with Gasteiger partial charge in [0.1, 0.15) is 5.00 Å². The number of carbonyl (C=O) groups excluding carboxylic acids is 2. The smallest absolute Gasteiger partial charge is 0.259 e. The van der Waals surface area contributed by atoms with Crippen molar-refractivity contribution in [3.63, 3.8) is 0 Å². The summed E-state index contributed by atoms with van der Waals surface area (Å²) in [6.07, 6.45) is 0. The molecule has 5 heteroatoms. The average molecular weight is 413 g/mol. The summed E-state index contributed by atoms with van der Waals surface area (Å²) in [5.74, 6) is -0.510. The molecule has 0 spiro atoms. The first-order chi connectivity index (χ1) is 14.6. The number of thiophene rings is 1. The molecule has 2 N–H and O–H groups in total. The summed E-state index contributed by atoms with van der Waals surface area (Å²) in [6, 6.07) is 26.3. The summed E-state index contributed by atoms with van der Waals surface area (Å²) >= 11 is 1.34. The number of hydrogen-bond donors (Lipinski definition) is 2. The Morgan fingerprint density at radius 1 is 0.733 bits per heavy atom. The maximum absolute atomic E-state index is 13.2. The van der Waals surface area contributed by atoms with Crippen molar-refractivity contribution in [1.29, 1.82) is 0 Å². The number of nitrogens with one attached hydrogen (secondary N) is 2. The van der Waals surface area contributed by atoms with Gasteiger partial charge in [-0.1, -0.05) is 66.2 Å². The molecule has 2 amide bonds. The first-order valence-electron chi connectivity index (χ1n) is 9.53. The largest absolute Gasteiger partial charge is 0.322 e. The van der Waals surface area contributed by atoms with Crippen molar-refractivity contribution in [2.24, 2.45) is 0 Å². The van der Waals surface area contributed by atoms with Gasteiger partial charge < -0.3 is 10.6 Å². The number of benzene rings is 3. The van der Waals surface area contributed by atoms with Crippen LogP contribution in [-0.2, 0) is 0 Å². The second-order valence-corrected chi connectivity index (χ2v) is 7.74. The standard InChI is InChI=1S/C25H20N2O2S/c1-17-12-14-20(15-13-17)26-24(29)22-21(18-8-4-2-5-9-18)16-30-25(22)27-23(28)19-10-6-3-7-11-19/h2-16H,1H3,(H,26,29)(H,27,28). The lowest BCUT2D eigenvalue weighted by Gasteiger charge is -2.11. The van der Waals surface area contributed by atoms with Gasteiger partial charge in [0, 0.05) is 22.2 Å². The number of hydrogen-bond acceptors (Lipinski definition) is 3. The lowest BCUT2D eigenvalue weighted by molar-refractivity contribution is 0.102. The topological polar surface area (TPSA) is 58.2 Å². The van der Waals surface area contributed by atoms with Gasteiger partial charge in [-0.3, -0.25) is 9.59 Å². The van der Waals surface area contributed by atoms with Crippen LogP contribution in [0.15, 0.2) is 90.3 Å². The molecular weight excluding hydrogens is 392 g/mol. The van der Waals surface area contributed by atoms with E-state index in [2.05, 4.69) is 10.6 Å². The summed E-state index contributed by atoms with van der Waals surface area (Å²) in [4.78, 5) is 25.9. The van der Waals surface area contributed by atoms with Crippen LogP contribution in [0.2, 0.25) is 0 Å². The molecule has 148 valence electrons. The van der Waals surface area contributed by atoms with E-state index in [-0.39, 0.29) is 11.8 Å². The van der Waals surface area contributed by atoms with E-state index in [9.17, 15) is 9.59 Å². The number of rotatable bonds is 5. The van der Waals surface area contributed by atoms with E-state index in [1.54, 1.807) is 12.1 Å². The number of amides is 2. The van der Waals surface area contributed by atoms with Crippen molar-refractivity contribution < 1.29 is 9.59 Å². The molecule has 0 fully saturated rings. The molecule has 0 unspecified atom stereocenters. The molecule has 0 radical (unpaired) electrons. The fraction of sp³-hybridized carbons (Fsp3) is 0.0400. The quantitative estimate of drug-likeness (QED) is 0.408. The Bertz CT molecular complexity index is 1170. The summed E-state index contributed by atoms with van der Waals surface area (Å²) in [7, 11) is 0. The van der Waals surface area contributed by atoms with Gasteiger partial charge in [-0.25, -0.2) is 0 Å². The minimum absolute atomic E-state index is 0.249. The van der Waals surface area contributed by atoms with Crippen LogP contribution in [-0.4, -0.2) is 11.8 Å². The van der Waals surface area contributed by atoms with E-state index in [0.717, 1.165) is 16.7 Å². The highest BCUT2D eigenvalue weighted by atomic mass is 32.1. The van der Waals surface area contributed by atoms with Gasteiger partial charge in [0.05, 0.1) is 5.56 Å². The molecule has 0 saturated heterocycles. The molecular formula is C25H20N2O2S. The molecule has 0 aliphatic rings. The Morgan fingerprint density at radius 3 is 2.03 bits per heavy atom. The van der Waals surface area contributed by atoms with E-state index in [0.29, 0.717) is 21.8 Å². The third kappa shape index (κ3) is 4.31. The Labute approximate surface area is 179 Å². The second kappa shape index (κ2) is 8.76. The van der Waals surface area contributed by atoms with Gasteiger partial charge >= 0.3 is 0 Å². The molecule has 0 aliphatic heterocycles. The Kier molecular flexibility index (Phi) is 5.72. The third-order valence-electron chi connectivity index (χ3n) is 4.68. The number of aryl methyl sites for hydroxylation is 1. The van der Waals surface area contributed by atoms with Crippen molar-refractivity contribution in [2.45, 2.75) is 6.92 Å². The van der Waals surface area contributed by atoms with Crippen LogP contribution in [0.3, 0.4) is 0 Å². The first kappa shape index (κ1) is 19.6. The lowest BCUT2D eigenvalue weighted by Crippen LogP contribution is -2.17. The Balaban J connectivity index is 1.69. The predicted molar refractivity (Wildman–Crippen MR) is 123 cm³/mol. The van der Waals surface area contributed by atoms with Crippen LogP contribution < -0.4 is 10.6 Å². The molecule has 0 saturated carbocycles. The van der Waals surface area contributed by atoms with Crippen LogP contribution in [0.25, 0.3) is 11.1 Å². The minimum Gasteiger partial charge on any atom is -0.322 e. The third-order valence-corrected chi connectivity index (χ3v) is 5.57. The summed E-state index contributed by atoms with van der Waals surface area (Å²) < 4.78 is 0. The van der Waals surface area contributed by atoms with E-state index < -0.39 is 0 Å². The highest BCUT2D eigenvalue weighted by Gasteiger charge is 2.22. The molecule has 0 bridgehead atoms. The zero-order chi connectivity index (χ0) is 20.9. The van der Waals surface area contributed by atoms with Gasteiger partial charge in [-0.15, -0.1) is 11.3 Å². The van der Waals surface area contributed by atoms with Crippen molar-refractivity contribution >= 4 is 33.8 Å². The van der Waals surface area contributed by atoms with Crippen LogP contribution in [0, 0.1) is 6.92 Å². The normalized spacial score (nSPS) is 10.4. The van der Waals surface area contributed by atoms with Gasteiger partial charge in [-0.2, -0.15) is 0 Å². The number of carbonyl (C=O) groups is 2. The summed E-state index contributed by atoms with van der Waals surface area (Å²) in [5.41, 5.74) is 4.52. The first-order valence-corrected chi connectivity index (χ1v) is 10.4. The zero-order valence-electron chi connectivity index (χ0n) is 16.4. The lowest BCUT2D eigenvalue weighted by atomic mass is 10.0. The van der Waals surface area contributed by atoms with Gasteiger partial charge in [0.25, 0.3) is 11.8 Å². The highest BCUT2D eigenvalue weighted by Crippen LogP contribution is 2.36. The van der Waals surface area contributed by atoms with Gasteiger partial charge in [0.15, 0.2) is 0 Å². The molecule has 4 aromatic rings. The molecule has 0 atom stereocenters. The maximum atomic E-state index is 13.2. The molecule has 4 nitrogen and oxygen atoms in total. The fourth-order valence-electron chi connectivity index (χ4n) is 3.10. The minimum atomic E-state index is -0.262. The van der Waals surface area contributed by atoms with E-state index in [1.165, 1.54) is 11.3 Å². The summed E-state index contributed by atoms with van der Waals surface area (Å²) in [5, 5.41) is 8.29. The van der Waals surface area contributed by atoms with Crippen LogP contribution in [0.5, 0.6) is 0 Å². The zero-order valence-corrected chi connectivity index (χ0v) is 17.2. The molecule has 1 aromatic heterocycles. The SMILES string of the molecule is Cc1ccc(NC(=O)c2c(-c3ccccc3)csc2NC(=O)c2ccccc2)cc1. The van der Waals surface area contributed by atoms with E-state index in [1.807, 2.05) is 85.1 Å². The fourth-order valence-corrected chi connectivity index (χ4v) is 4.06. The Morgan fingerprint density at radius 2 is 1.37 bits per heavy atom. The molecule has 30 heavy (non-hydrogen) atoms. The van der Waals surface area contributed by atoms with Gasteiger partial charge in [-0.05, 0) is 36.8 Å². The molecule has 0 aliphatic carbocycles. The molecule has 4 rings (SSSR count). The highest BCUT2D eigenvalue weighted by molar-refractivity contribution is 7.15. The monoisotopic (exact) mass is 412 g/mol. The van der Waals surface area contributed by atoms with Crippen molar-refractivity contribution in [2.75, 3.05) is 10.6 Å². The molecule has 1 heterocycles. The van der Waals surface area contributed by atoms with Crippen LogP contribution >= 0.6 is 11.3 Å².